The van der Waals surface area contributed by atoms with Gasteiger partial charge in [-0.3, -0.25) is 4.90 Å². The van der Waals surface area contributed by atoms with Gasteiger partial charge in [0.25, 0.3) is 0 Å². The van der Waals surface area contributed by atoms with Crippen LogP contribution < -0.4 is 16.0 Å². The first-order valence-electron chi connectivity index (χ1n) is 21.3. The number of unbranched alkanes of at least 4 members (excludes halogenated alkanes) is 2. The van der Waals surface area contributed by atoms with E-state index in [4.69, 9.17) is 42.1 Å². The Bertz CT molecular complexity index is 2170. The van der Waals surface area contributed by atoms with Crippen LogP contribution in [0.2, 0.25) is 10.0 Å². The van der Waals surface area contributed by atoms with E-state index < -0.39 is 48.0 Å². The highest BCUT2D eigenvalue weighted by Crippen LogP contribution is 2.44. The number of carboxylic acid groups (broad SMARTS) is 1. The number of carboxylic acids is 1. The number of rotatable bonds is 21. The van der Waals surface area contributed by atoms with E-state index in [1.54, 1.807) is 69.3 Å². The number of nitrogens with one attached hydrogen (secondary N) is 3. The molecule has 1 aliphatic carbocycles. The third-order valence-electron chi connectivity index (χ3n) is 10.4. The summed E-state index contributed by atoms with van der Waals surface area (Å²) in [6.45, 7) is 5.27. The predicted molar refractivity (Wildman–Crippen MR) is 243 cm³/mol. The molecular formula is C48H56Cl2N4O10. The largest absolute Gasteiger partial charge is 0.480 e. The highest BCUT2D eigenvalue weighted by molar-refractivity contribution is 6.31. The molecule has 1 aliphatic rings. The molecular weight excluding hydrogens is 863 g/mol. The summed E-state index contributed by atoms with van der Waals surface area (Å²) in [6, 6.07) is 27.7. The summed E-state index contributed by atoms with van der Waals surface area (Å²) in [5, 5.41) is 19.8. The highest BCUT2D eigenvalue weighted by atomic mass is 35.5. The molecule has 0 spiro atoms. The zero-order valence-electron chi connectivity index (χ0n) is 36.3. The van der Waals surface area contributed by atoms with Crippen molar-refractivity contribution in [3.63, 3.8) is 0 Å². The Kier molecular flexibility index (Phi) is 18.5. The molecule has 0 bridgehead atoms. The first-order chi connectivity index (χ1) is 30.7. The summed E-state index contributed by atoms with van der Waals surface area (Å²) >= 11 is 12.3. The molecule has 4 aromatic rings. The average Bonchev–Trinajstić information content (AvgIpc) is 3.57. The van der Waals surface area contributed by atoms with E-state index >= 15 is 0 Å². The number of carbonyl (C=O) groups is 5. The van der Waals surface area contributed by atoms with E-state index in [0.29, 0.717) is 46.9 Å². The Hall–Kier alpha value is -5.99. The van der Waals surface area contributed by atoms with Crippen molar-refractivity contribution in [1.29, 1.82) is 0 Å². The number of halogens is 2. The Morgan fingerprint density at radius 3 is 1.64 bits per heavy atom. The molecule has 0 aromatic heterocycles. The van der Waals surface area contributed by atoms with Crippen LogP contribution in [-0.4, -0.2) is 84.3 Å². The number of benzene rings is 4. The highest BCUT2D eigenvalue weighted by Gasteiger charge is 2.35. The predicted octanol–water partition coefficient (Wildman–Crippen LogP) is 10.1. The number of hydrogen-bond acceptors (Lipinski definition) is 9. The van der Waals surface area contributed by atoms with Crippen molar-refractivity contribution >= 4 is 53.5 Å². The van der Waals surface area contributed by atoms with E-state index in [1.165, 1.54) is 0 Å². The van der Waals surface area contributed by atoms with E-state index in [0.717, 1.165) is 27.2 Å². The first kappa shape index (κ1) is 49.0. The van der Waals surface area contributed by atoms with Crippen LogP contribution in [0.3, 0.4) is 0 Å². The van der Waals surface area contributed by atoms with Gasteiger partial charge in [0.05, 0.1) is 0 Å². The quantitative estimate of drug-likeness (QED) is 0.0464. The van der Waals surface area contributed by atoms with Crippen molar-refractivity contribution in [3.8, 4) is 11.1 Å². The molecule has 64 heavy (non-hydrogen) atoms. The molecule has 0 saturated carbocycles. The normalized spacial score (nSPS) is 12.8. The minimum atomic E-state index is -1.36. The average molecular weight is 920 g/mol. The summed E-state index contributed by atoms with van der Waals surface area (Å²) in [4.78, 5) is 66.5. The van der Waals surface area contributed by atoms with E-state index in [9.17, 15) is 29.1 Å². The third kappa shape index (κ3) is 15.1. The topological polar surface area (TPSA) is 182 Å². The van der Waals surface area contributed by atoms with Gasteiger partial charge in [0.2, 0.25) is 0 Å². The molecule has 4 aromatic carbocycles. The lowest BCUT2D eigenvalue weighted by atomic mass is 9.98. The number of fused-ring (bicyclic) bond motifs is 3. The molecule has 0 fully saturated rings. The second-order valence-corrected chi connectivity index (χ2v) is 17.1. The van der Waals surface area contributed by atoms with E-state index in [1.807, 2.05) is 48.5 Å². The van der Waals surface area contributed by atoms with Gasteiger partial charge in [0.15, 0.2) is 0 Å². The number of alkyl carbamates (subject to hydrolysis) is 3. The number of aliphatic carboxylic acids is 1. The van der Waals surface area contributed by atoms with Gasteiger partial charge in [-0.05, 0) is 93.7 Å². The zero-order valence-corrected chi connectivity index (χ0v) is 37.8. The molecule has 0 heterocycles. The van der Waals surface area contributed by atoms with E-state index in [-0.39, 0.29) is 58.2 Å². The van der Waals surface area contributed by atoms with Crippen LogP contribution >= 0.6 is 23.2 Å². The van der Waals surface area contributed by atoms with Gasteiger partial charge in [0, 0.05) is 52.8 Å². The van der Waals surface area contributed by atoms with Gasteiger partial charge in [-0.1, -0.05) is 108 Å². The maximum atomic E-state index is 14.3. The maximum Gasteiger partial charge on any atom is 0.410 e. The fraction of sp³-hybridized carbons (Fsp3) is 0.396. The fourth-order valence-electron chi connectivity index (χ4n) is 7.32. The lowest BCUT2D eigenvalue weighted by Crippen LogP contribution is -2.53. The van der Waals surface area contributed by atoms with Crippen molar-refractivity contribution < 1.29 is 48.0 Å². The van der Waals surface area contributed by atoms with Gasteiger partial charge in [-0.25, -0.2) is 24.0 Å². The Morgan fingerprint density at radius 1 is 0.656 bits per heavy atom. The van der Waals surface area contributed by atoms with Crippen LogP contribution in [0, 0.1) is 0 Å². The van der Waals surface area contributed by atoms with Gasteiger partial charge < -0.3 is 40.0 Å². The standard InChI is InChI=1S/C48H56Cl2N4O10/c1-48(2,3)64-46(59)53-34(18-12-14-26-51-44(57)61-29-32-16-4-10-23-40(32)49)28-54(47(60)63-31-39-37-21-8-6-19-35(37)36-20-7-9-22-38(36)39)42(43(55)56)25-13-15-27-52-45(58)62-30-33-17-5-11-24-41(33)50/h4-11,16-17,19-24,34,39,42H,12-15,18,25-31H2,1-3H3,(H,51,57)(H,52,58)(H,53,59)(H,55,56)/t34-,42-/m0/s1. The molecule has 0 unspecified atom stereocenters. The molecule has 14 nitrogen and oxygen atoms in total. The molecule has 342 valence electrons. The van der Waals surface area contributed by atoms with Crippen molar-refractivity contribution in [3.05, 3.63) is 129 Å². The molecule has 2 atom stereocenters. The maximum absolute atomic E-state index is 14.3. The van der Waals surface area contributed by atoms with Gasteiger partial charge in [-0.2, -0.15) is 0 Å². The van der Waals surface area contributed by atoms with Crippen molar-refractivity contribution in [2.45, 2.75) is 96.1 Å². The smallest absolute Gasteiger partial charge is 0.410 e. The van der Waals surface area contributed by atoms with Gasteiger partial charge in [-0.15, -0.1) is 0 Å². The summed E-state index contributed by atoms with van der Waals surface area (Å²) in [6.07, 6.45) is -0.999. The number of amides is 4. The van der Waals surface area contributed by atoms with Crippen LogP contribution in [0.5, 0.6) is 0 Å². The number of hydrogen-bond donors (Lipinski definition) is 4. The van der Waals surface area contributed by atoms with Crippen molar-refractivity contribution in [1.82, 2.24) is 20.9 Å². The zero-order chi connectivity index (χ0) is 46.1. The van der Waals surface area contributed by atoms with Crippen LogP contribution in [0.15, 0.2) is 97.1 Å². The van der Waals surface area contributed by atoms with Gasteiger partial charge in [0.1, 0.15) is 31.5 Å². The Morgan fingerprint density at radius 2 is 1.14 bits per heavy atom. The van der Waals surface area contributed by atoms with Crippen molar-refractivity contribution in [2.75, 3.05) is 26.2 Å². The summed E-state index contributed by atoms with van der Waals surface area (Å²) < 4.78 is 22.1. The molecule has 4 amide bonds. The molecule has 0 saturated heterocycles. The van der Waals surface area contributed by atoms with Gasteiger partial charge >= 0.3 is 30.3 Å². The molecule has 5 rings (SSSR count). The second kappa shape index (κ2) is 24.2. The van der Waals surface area contributed by atoms with Crippen LogP contribution in [-0.2, 0) is 37.0 Å². The van der Waals surface area contributed by atoms with Crippen LogP contribution in [0.25, 0.3) is 11.1 Å². The summed E-state index contributed by atoms with van der Waals surface area (Å²) in [7, 11) is 0. The molecule has 4 N–H and O–H groups in total. The number of ether oxygens (including phenoxy) is 4. The minimum absolute atomic E-state index is 0.00262. The fourth-order valence-corrected chi connectivity index (χ4v) is 7.70. The minimum Gasteiger partial charge on any atom is -0.480 e. The molecule has 0 aliphatic heterocycles. The Labute approximate surface area is 383 Å². The second-order valence-electron chi connectivity index (χ2n) is 16.3. The van der Waals surface area contributed by atoms with Crippen LogP contribution in [0.4, 0.5) is 19.2 Å². The third-order valence-corrected chi connectivity index (χ3v) is 11.2. The van der Waals surface area contributed by atoms with Crippen molar-refractivity contribution in [2.24, 2.45) is 0 Å². The summed E-state index contributed by atoms with van der Waals surface area (Å²) in [5.74, 6) is -1.55. The lowest BCUT2D eigenvalue weighted by molar-refractivity contribution is -0.143. The number of carbonyl (C=O) groups excluding carboxylic acids is 4. The molecule has 16 heteroatoms. The van der Waals surface area contributed by atoms with Crippen LogP contribution in [0.1, 0.15) is 87.5 Å². The number of nitrogens with zero attached hydrogens (tertiary/aromatic N) is 1. The first-order valence-corrected chi connectivity index (χ1v) is 22.1. The summed E-state index contributed by atoms with van der Waals surface area (Å²) in [5.41, 5.74) is 4.52. The monoisotopic (exact) mass is 918 g/mol. The Balaban J connectivity index is 1.26. The molecule has 0 radical (unpaired) electrons. The SMILES string of the molecule is CC(C)(C)OC(=O)N[C@@H](CCCCNC(=O)OCc1ccccc1Cl)CN(C(=O)OCC1c2ccccc2-c2ccccc21)[C@@H](CCCCNC(=O)OCc1ccccc1Cl)C(=O)O. The lowest BCUT2D eigenvalue weighted by Gasteiger charge is -2.33. The van der Waals surface area contributed by atoms with E-state index in [2.05, 4.69) is 16.0 Å².